The van der Waals surface area contributed by atoms with Gasteiger partial charge in [0.2, 0.25) is 0 Å². The summed E-state index contributed by atoms with van der Waals surface area (Å²) >= 11 is 0. The van der Waals surface area contributed by atoms with E-state index in [9.17, 15) is 9.59 Å². The van der Waals surface area contributed by atoms with Crippen LogP contribution in [0.25, 0.3) is 0 Å². The molecule has 0 fully saturated rings. The van der Waals surface area contributed by atoms with Crippen molar-refractivity contribution in [2.24, 2.45) is 0 Å². The highest BCUT2D eigenvalue weighted by atomic mass is 16.5. The van der Waals surface area contributed by atoms with E-state index in [1.165, 1.54) is 18.6 Å². The maximum absolute atomic E-state index is 11.7. The van der Waals surface area contributed by atoms with Crippen LogP contribution in [0.1, 0.15) is 28.9 Å². The van der Waals surface area contributed by atoms with E-state index in [0.717, 1.165) is 5.56 Å². The Kier molecular flexibility index (Phi) is 5.59. The van der Waals surface area contributed by atoms with Gasteiger partial charge in [0.1, 0.15) is 0 Å². The van der Waals surface area contributed by atoms with E-state index in [0.29, 0.717) is 6.54 Å². The van der Waals surface area contributed by atoms with Crippen LogP contribution in [-0.2, 0) is 9.53 Å². The molecule has 22 heavy (non-hydrogen) atoms. The van der Waals surface area contributed by atoms with Gasteiger partial charge in [-0.2, -0.15) is 0 Å². The average molecular weight is 299 g/mol. The zero-order valence-corrected chi connectivity index (χ0v) is 12.2. The first-order chi connectivity index (χ1) is 10.7. The van der Waals surface area contributed by atoms with Crippen LogP contribution in [0.3, 0.4) is 0 Å². The highest BCUT2D eigenvalue weighted by Gasteiger charge is 2.12. The summed E-state index contributed by atoms with van der Waals surface area (Å²) in [5, 5.41) is 2.74. The fourth-order valence-electron chi connectivity index (χ4n) is 1.83. The Morgan fingerprint density at radius 3 is 2.68 bits per heavy atom. The van der Waals surface area contributed by atoms with Gasteiger partial charge in [0.05, 0.1) is 6.20 Å². The van der Waals surface area contributed by atoms with Crippen LogP contribution in [0.15, 0.2) is 48.9 Å². The molecule has 0 aliphatic carbocycles. The zero-order chi connectivity index (χ0) is 15.8. The van der Waals surface area contributed by atoms with Crippen molar-refractivity contribution in [3.05, 3.63) is 60.2 Å². The lowest BCUT2D eigenvalue weighted by Crippen LogP contribution is -2.31. The van der Waals surface area contributed by atoms with E-state index in [2.05, 4.69) is 15.3 Å². The third-order valence-corrected chi connectivity index (χ3v) is 3.08. The lowest BCUT2D eigenvalue weighted by molar-refractivity contribution is -0.124. The van der Waals surface area contributed by atoms with Crippen molar-refractivity contribution >= 4 is 11.9 Å². The molecule has 0 bridgehead atoms. The van der Waals surface area contributed by atoms with E-state index in [1.807, 2.05) is 37.3 Å². The molecule has 1 aromatic carbocycles. The monoisotopic (exact) mass is 299 g/mol. The quantitative estimate of drug-likeness (QED) is 0.819. The molecule has 114 valence electrons. The lowest BCUT2D eigenvalue weighted by atomic mass is 10.0. The molecule has 1 amide bonds. The van der Waals surface area contributed by atoms with Crippen LogP contribution < -0.4 is 5.32 Å². The highest BCUT2D eigenvalue weighted by Crippen LogP contribution is 2.12. The smallest absolute Gasteiger partial charge is 0.359 e. The van der Waals surface area contributed by atoms with Crippen molar-refractivity contribution < 1.29 is 14.3 Å². The van der Waals surface area contributed by atoms with Crippen molar-refractivity contribution in [2.45, 2.75) is 12.8 Å². The molecule has 1 N–H and O–H groups in total. The van der Waals surface area contributed by atoms with E-state index < -0.39 is 5.97 Å². The van der Waals surface area contributed by atoms with E-state index in [1.54, 1.807) is 0 Å². The number of ether oxygens (including phenoxy) is 1. The molecule has 1 heterocycles. The number of nitrogens with one attached hydrogen (secondary N) is 1. The standard InChI is InChI=1S/C16H17N3O3/c1-12(13-5-3-2-4-6-13)9-19-15(20)11-22-16(21)14-10-17-7-8-18-14/h2-8,10,12H,9,11H2,1H3,(H,19,20)/t12-/m1/s1. The number of amides is 1. The largest absolute Gasteiger partial charge is 0.451 e. The predicted molar refractivity (Wildman–Crippen MR) is 80.2 cm³/mol. The summed E-state index contributed by atoms with van der Waals surface area (Å²) in [7, 11) is 0. The summed E-state index contributed by atoms with van der Waals surface area (Å²) in [5.74, 6) is -0.833. The Morgan fingerprint density at radius 1 is 1.23 bits per heavy atom. The van der Waals surface area contributed by atoms with Crippen LogP contribution in [0, 0.1) is 0 Å². The minimum absolute atomic E-state index is 0.0768. The van der Waals surface area contributed by atoms with Crippen molar-refractivity contribution in [1.29, 1.82) is 0 Å². The van der Waals surface area contributed by atoms with Gasteiger partial charge in [-0.25, -0.2) is 9.78 Å². The molecule has 0 saturated carbocycles. The fourth-order valence-corrected chi connectivity index (χ4v) is 1.83. The molecule has 6 nitrogen and oxygen atoms in total. The summed E-state index contributed by atoms with van der Waals surface area (Å²) in [4.78, 5) is 30.9. The van der Waals surface area contributed by atoms with Gasteiger partial charge in [0, 0.05) is 18.9 Å². The van der Waals surface area contributed by atoms with E-state index in [4.69, 9.17) is 4.74 Å². The zero-order valence-electron chi connectivity index (χ0n) is 12.2. The molecule has 0 saturated heterocycles. The van der Waals surface area contributed by atoms with Gasteiger partial charge in [-0.15, -0.1) is 0 Å². The number of carbonyl (C=O) groups excluding carboxylic acids is 2. The number of benzene rings is 1. The first kappa shape index (κ1) is 15.6. The van der Waals surface area contributed by atoms with Crippen molar-refractivity contribution in [1.82, 2.24) is 15.3 Å². The molecule has 0 unspecified atom stereocenters. The minimum Gasteiger partial charge on any atom is -0.451 e. The second-order valence-corrected chi connectivity index (χ2v) is 4.78. The van der Waals surface area contributed by atoms with Crippen LogP contribution in [-0.4, -0.2) is 35.0 Å². The van der Waals surface area contributed by atoms with Crippen LogP contribution in [0.4, 0.5) is 0 Å². The third-order valence-electron chi connectivity index (χ3n) is 3.08. The normalized spacial score (nSPS) is 11.5. The van der Waals surface area contributed by atoms with Gasteiger partial charge in [-0.3, -0.25) is 9.78 Å². The first-order valence-corrected chi connectivity index (χ1v) is 6.91. The number of esters is 1. The molecular formula is C16H17N3O3. The minimum atomic E-state index is -0.667. The second-order valence-electron chi connectivity index (χ2n) is 4.78. The molecule has 0 aliphatic rings. The Bertz CT molecular complexity index is 617. The number of hydrogen-bond donors (Lipinski definition) is 1. The Morgan fingerprint density at radius 2 is 2.00 bits per heavy atom. The predicted octanol–water partition coefficient (Wildman–Crippen LogP) is 1.55. The molecular weight excluding hydrogens is 282 g/mol. The van der Waals surface area contributed by atoms with Gasteiger partial charge in [-0.1, -0.05) is 37.3 Å². The highest BCUT2D eigenvalue weighted by molar-refractivity contribution is 5.89. The summed E-state index contributed by atoms with van der Waals surface area (Å²) < 4.78 is 4.87. The van der Waals surface area contributed by atoms with Crippen molar-refractivity contribution in [3.63, 3.8) is 0 Å². The molecule has 1 atom stereocenters. The molecule has 2 rings (SSSR count). The molecule has 2 aromatic rings. The number of rotatable bonds is 6. The van der Waals surface area contributed by atoms with Gasteiger partial charge in [-0.05, 0) is 11.5 Å². The van der Waals surface area contributed by atoms with E-state index in [-0.39, 0.29) is 24.1 Å². The van der Waals surface area contributed by atoms with Gasteiger partial charge in [0.25, 0.3) is 5.91 Å². The van der Waals surface area contributed by atoms with Crippen LogP contribution in [0.2, 0.25) is 0 Å². The number of carbonyl (C=O) groups is 2. The lowest BCUT2D eigenvalue weighted by Gasteiger charge is -2.13. The average Bonchev–Trinajstić information content (AvgIpc) is 2.59. The number of nitrogens with zero attached hydrogens (tertiary/aromatic N) is 2. The van der Waals surface area contributed by atoms with Crippen LogP contribution in [0.5, 0.6) is 0 Å². The topological polar surface area (TPSA) is 81.2 Å². The van der Waals surface area contributed by atoms with Gasteiger partial charge < -0.3 is 10.1 Å². The number of aromatic nitrogens is 2. The SMILES string of the molecule is C[C@H](CNC(=O)COC(=O)c1cnccn1)c1ccccc1. The maximum Gasteiger partial charge on any atom is 0.359 e. The van der Waals surface area contributed by atoms with Crippen LogP contribution >= 0.6 is 0 Å². The van der Waals surface area contributed by atoms with Crippen molar-refractivity contribution in [3.8, 4) is 0 Å². The third kappa shape index (κ3) is 4.66. The number of hydrogen-bond acceptors (Lipinski definition) is 5. The molecule has 1 aromatic heterocycles. The molecule has 0 spiro atoms. The van der Waals surface area contributed by atoms with Gasteiger partial charge in [0.15, 0.2) is 12.3 Å². The molecule has 0 aliphatic heterocycles. The van der Waals surface area contributed by atoms with Gasteiger partial charge >= 0.3 is 5.97 Å². The van der Waals surface area contributed by atoms with E-state index >= 15 is 0 Å². The summed E-state index contributed by atoms with van der Waals surface area (Å²) in [6.07, 6.45) is 4.13. The summed E-state index contributed by atoms with van der Waals surface area (Å²) in [6.45, 7) is 2.16. The summed E-state index contributed by atoms with van der Waals surface area (Å²) in [6, 6.07) is 9.86. The Hall–Kier alpha value is -2.76. The fraction of sp³-hybridized carbons (Fsp3) is 0.250. The Labute approximate surface area is 128 Å². The summed E-state index contributed by atoms with van der Waals surface area (Å²) in [5.41, 5.74) is 1.22. The Balaban J connectivity index is 1.73. The van der Waals surface area contributed by atoms with Crippen molar-refractivity contribution in [2.75, 3.05) is 13.2 Å². The molecule has 0 radical (unpaired) electrons. The molecule has 6 heteroatoms. The first-order valence-electron chi connectivity index (χ1n) is 6.91. The second kappa shape index (κ2) is 7.87. The maximum atomic E-state index is 11.7.